The number of hydrogen-bond acceptors (Lipinski definition) is 4. The molecule has 0 aliphatic carbocycles. The average molecular weight is 296 g/mol. The SMILES string of the molecule is CC1(C)NC(=O)N(C[C@H](O)COc2ccc(F)cc2)C1=O. The topological polar surface area (TPSA) is 78.9 Å². The van der Waals surface area contributed by atoms with Crippen LogP contribution in [0.3, 0.4) is 0 Å². The number of β-amino-alcohol motifs (C(OH)–C–C–N with tert-alkyl or cyclic N) is 1. The van der Waals surface area contributed by atoms with Crippen LogP contribution in [0.5, 0.6) is 5.75 Å². The molecule has 2 N–H and O–H groups in total. The van der Waals surface area contributed by atoms with E-state index in [0.29, 0.717) is 5.75 Å². The molecule has 0 aromatic heterocycles. The minimum Gasteiger partial charge on any atom is -0.491 e. The van der Waals surface area contributed by atoms with Crippen molar-refractivity contribution in [2.45, 2.75) is 25.5 Å². The fraction of sp³-hybridized carbons (Fsp3) is 0.429. The number of carbonyl (C=O) groups is 2. The lowest BCUT2D eigenvalue weighted by Crippen LogP contribution is -2.42. The number of ether oxygens (including phenoxy) is 1. The summed E-state index contributed by atoms with van der Waals surface area (Å²) in [6, 6.07) is 4.80. The highest BCUT2D eigenvalue weighted by molar-refractivity contribution is 6.06. The molecule has 0 radical (unpaired) electrons. The van der Waals surface area contributed by atoms with Crippen LogP contribution < -0.4 is 10.1 Å². The molecule has 1 heterocycles. The molecule has 1 aromatic rings. The van der Waals surface area contributed by atoms with Gasteiger partial charge in [-0.25, -0.2) is 9.18 Å². The number of carbonyl (C=O) groups excluding carboxylic acids is 2. The quantitative estimate of drug-likeness (QED) is 0.791. The zero-order valence-corrected chi connectivity index (χ0v) is 11.8. The Morgan fingerprint density at radius 1 is 1.33 bits per heavy atom. The Morgan fingerprint density at radius 3 is 2.48 bits per heavy atom. The van der Waals surface area contributed by atoms with E-state index in [2.05, 4.69) is 5.32 Å². The third-order valence-corrected chi connectivity index (χ3v) is 3.09. The molecule has 21 heavy (non-hydrogen) atoms. The molecular weight excluding hydrogens is 279 g/mol. The average Bonchev–Trinajstić information content (AvgIpc) is 2.60. The minimum absolute atomic E-state index is 0.108. The zero-order chi connectivity index (χ0) is 15.6. The van der Waals surface area contributed by atoms with Crippen LogP contribution in [0.25, 0.3) is 0 Å². The molecule has 1 aliphatic heterocycles. The monoisotopic (exact) mass is 296 g/mol. The smallest absolute Gasteiger partial charge is 0.325 e. The van der Waals surface area contributed by atoms with E-state index in [1.165, 1.54) is 24.3 Å². The molecule has 1 aliphatic rings. The van der Waals surface area contributed by atoms with Gasteiger partial charge in [0.1, 0.15) is 29.8 Å². The summed E-state index contributed by atoms with van der Waals surface area (Å²) in [7, 11) is 0. The maximum absolute atomic E-state index is 12.7. The van der Waals surface area contributed by atoms with Gasteiger partial charge in [-0.15, -0.1) is 0 Å². The van der Waals surface area contributed by atoms with E-state index in [1.807, 2.05) is 0 Å². The van der Waals surface area contributed by atoms with Gasteiger partial charge in [0.2, 0.25) is 0 Å². The van der Waals surface area contributed by atoms with E-state index in [4.69, 9.17) is 4.74 Å². The normalized spacial score (nSPS) is 18.6. The Bertz CT molecular complexity index is 544. The van der Waals surface area contributed by atoms with E-state index in [1.54, 1.807) is 13.8 Å². The van der Waals surface area contributed by atoms with Crippen LogP contribution in [0, 0.1) is 5.82 Å². The second kappa shape index (κ2) is 5.69. The molecule has 0 unspecified atom stereocenters. The van der Waals surface area contributed by atoms with Crippen molar-refractivity contribution in [3.8, 4) is 5.75 Å². The lowest BCUT2D eigenvalue weighted by atomic mass is 10.1. The van der Waals surface area contributed by atoms with Gasteiger partial charge in [-0.2, -0.15) is 0 Å². The maximum Gasteiger partial charge on any atom is 0.325 e. The van der Waals surface area contributed by atoms with Crippen molar-refractivity contribution in [1.82, 2.24) is 10.2 Å². The van der Waals surface area contributed by atoms with Crippen molar-refractivity contribution in [2.75, 3.05) is 13.2 Å². The van der Waals surface area contributed by atoms with Gasteiger partial charge in [0.25, 0.3) is 5.91 Å². The van der Waals surface area contributed by atoms with Crippen molar-refractivity contribution < 1.29 is 23.8 Å². The predicted octanol–water partition coefficient (Wildman–Crippen LogP) is 0.896. The van der Waals surface area contributed by atoms with Gasteiger partial charge in [0.05, 0.1) is 6.54 Å². The van der Waals surface area contributed by atoms with Gasteiger partial charge in [0, 0.05) is 0 Å². The second-order valence-corrected chi connectivity index (χ2v) is 5.39. The van der Waals surface area contributed by atoms with Crippen LogP contribution >= 0.6 is 0 Å². The van der Waals surface area contributed by atoms with E-state index in [0.717, 1.165) is 4.90 Å². The number of aliphatic hydroxyl groups excluding tert-OH is 1. The third kappa shape index (κ3) is 3.49. The molecule has 6 nitrogen and oxygen atoms in total. The maximum atomic E-state index is 12.7. The van der Waals surface area contributed by atoms with Crippen molar-refractivity contribution in [1.29, 1.82) is 0 Å². The van der Waals surface area contributed by atoms with Gasteiger partial charge in [-0.3, -0.25) is 9.69 Å². The summed E-state index contributed by atoms with van der Waals surface area (Å²) in [5, 5.41) is 12.4. The summed E-state index contributed by atoms with van der Waals surface area (Å²) in [6.07, 6.45) is -1.03. The van der Waals surface area contributed by atoms with E-state index in [9.17, 15) is 19.1 Å². The van der Waals surface area contributed by atoms with Crippen LogP contribution in [-0.4, -0.2) is 46.7 Å². The molecule has 0 bridgehead atoms. The van der Waals surface area contributed by atoms with Gasteiger partial charge >= 0.3 is 6.03 Å². The Morgan fingerprint density at radius 2 is 1.95 bits per heavy atom. The lowest BCUT2D eigenvalue weighted by molar-refractivity contribution is -0.131. The number of nitrogens with one attached hydrogen (secondary N) is 1. The fourth-order valence-corrected chi connectivity index (χ4v) is 1.97. The highest BCUT2D eigenvalue weighted by Crippen LogP contribution is 2.17. The van der Waals surface area contributed by atoms with Crippen molar-refractivity contribution in [3.63, 3.8) is 0 Å². The molecule has 1 atom stereocenters. The van der Waals surface area contributed by atoms with Gasteiger partial charge in [-0.05, 0) is 38.1 Å². The highest BCUT2D eigenvalue weighted by atomic mass is 19.1. The summed E-state index contributed by atoms with van der Waals surface area (Å²) in [5.74, 6) is -0.384. The predicted molar refractivity (Wildman–Crippen MR) is 72.2 cm³/mol. The highest BCUT2D eigenvalue weighted by Gasteiger charge is 2.44. The molecule has 3 amide bonds. The van der Waals surface area contributed by atoms with Crippen molar-refractivity contribution in [3.05, 3.63) is 30.1 Å². The summed E-state index contributed by atoms with van der Waals surface area (Å²) in [4.78, 5) is 24.5. The number of urea groups is 1. The molecule has 0 saturated carbocycles. The second-order valence-electron chi connectivity index (χ2n) is 5.39. The van der Waals surface area contributed by atoms with Crippen molar-refractivity contribution in [2.24, 2.45) is 0 Å². The first-order valence-electron chi connectivity index (χ1n) is 6.50. The Labute approximate surface area is 121 Å². The summed E-state index contributed by atoms with van der Waals surface area (Å²) >= 11 is 0. The van der Waals surface area contributed by atoms with Crippen LogP contribution in [0.2, 0.25) is 0 Å². The molecule has 2 rings (SSSR count). The Kier molecular flexibility index (Phi) is 4.13. The molecule has 7 heteroatoms. The van der Waals surface area contributed by atoms with Crippen molar-refractivity contribution >= 4 is 11.9 Å². The molecule has 0 spiro atoms. The largest absolute Gasteiger partial charge is 0.491 e. The number of rotatable bonds is 5. The Hall–Kier alpha value is -2.15. The third-order valence-electron chi connectivity index (χ3n) is 3.09. The summed E-state index contributed by atoms with van der Waals surface area (Å²) < 4.78 is 18.0. The molecule has 1 aromatic carbocycles. The molecular formula is C14H17FN2O4. The van der Waals surface area contributed by atoms with Crippen LogP contribution in [0.4, 0.5) is 9.18 Å². The number of aliphatic hydroxyl groups is 1. The summed E-state index contributed by atoms with van der Waals surface area (Å²) in [6.45, 7) is 2.92. The molecule has 1 fully saturated rings. The van der Waals surface area contributed by atoms with E-state index < -0.39 is 23.6 Å². The van der Waals surface area contributed by atoms with Crippen LogP contribution in [-0.2, 0) is 4.79 Å². The number of benzene rings is 1. The number of amides is 3. The number of nitrogens with zero attached hydrogens (tertiary/aromatic N) is 1. The number of imide groups is 1. The Balaban J connectivity index is 1.87. The standard InChI is InChI=1S/C14H17FN2O4/c1-14(2)12(19)17(13(20)16-14)7-10(18)8-21-11-5-3-9(15)4-6-11/h3-6,10,18H,7-8H2,1-2H3,(H,16,20)/t10-/m0/s1. The van der Waals surface area contributed by atoms with E-state index in [-0.39, 0.29) is 19.0 Å². The first kappa shape index (κ1) is 15.2. The number of halogens is 1. The minimum atomic E-state index is -1.03. The first-order chi connectivity index (χ1) is 9.79. The van der Waals surface area contributed by atoms with Crippen LogP contribution in [0.15, 0.2) is 24.3 Å². The zero-order valence-electron chi connectivity index (χ0n) is 11.8. The first-order valence-corrected chi connectivity index (χ1v) is 6.50. The van der Waals surface area contributed by atoms with Gasteiger partial charge < -0.3 is 15.2 Å². The van der Waals surface area contributed by atoms with Crippen LogP contribution in [0.1, 0.15) is 13.8 Å². The van der Waals surface area contributed by atoms with E-state index >= 15 is 0 Å². The fourth-order valence-electron chi connectivity index (χ4n) is 1.97. The summed E-state index contributed by atoms with van der Waals surface area (Å²) in [5.41, 5.74) is -0.964. The van der Waals surface area contributed by atoms with Gasteiger partial charge in [-0.1, -0.05) is 0 Å². The van der Waals surface area contributed by atoms with Gasteiger partial charge in [0.15, 0.2) is 0 Å². The molecule has 114 valence electrons. The molecule has 1 saturated heterocycles. The lowest BCUT2D eigenvalue weighted by Gasteiger charge is -2.19. The number of hydrogen-bond donors (Lipinski definition) is 2.